The highest BCUT2D eigenvalue weighted by Gasteiger charge is 2.08. The molecule has 0 aliphatic carbocycles. The van der Waals surface area contributed by atoms with Crippen molar-refractivity contribution in [1.29, 1.82) is 0 Å². The van der Waals surface area contributed by atoms with Crippen molar-refractivity contribution in [3.63, 3.8) is 0 Å². The van der Waals surface area contributed by atoms with E-state index in [1.807, 2.05) is 17.9 Å². The smallest absolute Gasteiger partial charge is 0.123 e. The number of aromatic nitrogens is 2. The van der Waals surface area contributed by atoms with Crippen molar-refractivity contribution in [3.8, 4) is 11.3 Å². The Labute approximate surface area is 88.4 Å². The number of benzene rings is 1. The summed E-state index contributed by atoms with van der Waals surface area (Å²) in [4.78, 5) is 0. The maximum absolute atomic E-state index is 12.8. The monoisotopic (exact) mass is 204 g/mol. The van der Waals surface area contributed by atoms with Crippen LogP contribution in [0.3, 0.4) is 0 Å². The van der Waals surface area contributed by atoms with Crippen LogP contribution in [0, 0.1) is 5.82 Å². The van der Waals surface area contributed by atoms with Gasteiger partial charge in [-0.25, -0.2) is 4.39 Å². The fourth-order valence-electron chi connectivity index (χ4n) is 1.72. The molecule has 0 aliphatic rings. The van der Waals surface area contributed by atoms with Crippen molar-refractivity contribution < 1.29 is 4.39 Å². The van der Waals surface area contributed by atoms with E-state index in [9.17, 15) is 4.39 Å². The number of halogens is 1. The van der Waals surface area contributed by atoms with Gasteiger partial charge in [0.25, 0.3) is 0 Å². The van der Waals surface area contributed by atoms with Crippen LogP contribution in [0.4, 0.5) is 4.39 Å². The third kappa shape index (κ3) is 1.77. The Morgan fingerprint density at radius 1 is 1.27 bits per heavy atom. The molecule has 0 aliphatic heterocycles. The zero-order valence-electron chi connectivity index (χ0n) is 8.87. The van der Waals surface area contributed by atoms with Gasteiger partial charge in [-0.15, -0.1) is 0 Å². The molecule has 0 fully saturated rings. The first-order chi connectivity index (χ1) is 7.22. The molecule has 3 heteroatoms. The largest absolute Gasteiger partial charge is 0.268 e. The molecule has 1 heterocycles. The molecule has 15 heavy (non-hydrogen) atoms. The number of aryl methyl sites for hydroxylation is 2. The fourth-order valence-corrected chi connectivity index (χ4v) is 1.72. The molecule has 0 saturated heterocycles. The lowest BCUT2D eigenvalue weighted by molar-refractivity contribution is 0.628. The molecular formula is C12H13FN2. The van der Waals surface area contributed by atoms with Gasteiger partial charge >= 0.3 is 0 Å². The number of hydrogen-bond donors (Lipinski definition) is 0. The molecule has 2 rings (SSSR count). The maximum atomic E-state index is 12.8. The summed E-state index contributed by atoms with van der Waals surface area (Å²) >= 11 is 0. The van der Waals surface area contributed by atoms with Crippen molar-refractivity contribution in [3.05, 3.63) is 41.8 Å². The molecule has 0 unspecified atom stereocenters. The highest BCUT2D eigenvalue weighted by Crippen LogP contribution is 2.23. The minimum Gasteiger partial charge on any atom is -0.268 e. The highest BCUT2D eigenvalue weighted by atomic mass is 19.1. The van der Waals surface area contributed by atoms with Gasteiger partial charge in [0.2, 0.25) is 0 Å². The first-order valence-electron chi connectivity index (χ1n) is 4.99. The van der Waals surface area contributed by atoms with E-state index in [-0.39, 0.29) is 5.82 Å². The molecule has 0 bridgehead atoms. The Morgan fingerprint density at radius 3 is 2.53 bits per heavy atom. The second-order valence-corrected chi connectivity index (χ2v) is 3.50. The normalized spacial score (nSPS) is 10.6. The fraction of sp³-hybridized carbons (Fsp3) is 0.250. The van der Waals surface area contributed by atoms with Crippen LogP contribution in [0.25, 0.3) is 11.3 Å². The van der Waals surface area contributed by atoms with Gasteiger partial charge in [0.15, 0.2) is 0 Å². The van der Waals surface area contributed by atoms with Crippen LogP contribution in [0.15, 0.2) is 30.5 Å². The lowest BCUT2D eigenvalue weighted by Crippen LogP contribution is -1.95. The van der Waals surface area contributed by atoms with Crippen molar-refractivity contribution in [2.75, 3.05) is 0 Å². The Morgan fingerprint density at radius 2 is 1.93 bits per heavy atom. The lowest BCUT2D eigenvalue weighted by Gasteiger charge is -2.04. The average molecular weight is 204 g/mol. The van der Waals surface area contributed by atoms with Crippen LogP contribution in [0.5, 0.6) is 0 Å². The second kappa shape index (κ2) is 3.85. The summed E-state index contributed by atoms with van der Waals surface area (Å²) in [6, 6.07) is 6.51. The molecule has 2 nitrogen and oxygen atoms in total. The van der Waals surface area contributed by atoms with Crippen LogP contribution in [-0.4, -0.2) is 9.78 Å². The van der Waals surface area contributed by atoms with Crippen molar-refractivity contribution in [2.45, 2.75) is 13.3 Å². The molecule has 2 aromatic rings. The summed E-state index contributed by atoms with van der Waals surface area (Å²) in [5.41, 5.74) is 3.26. The zero-order valence-corrected chi connectivity index (χ0v) is 8.87. The summed E-state index contributed by atoms with van der Waals surface area (Å²) < 4.78 is 14.6. The number of nitrogens with zero attached hydrogens (tertiary/aromatic N) is 2. The van der Waals surface area contributed by atoms with E-state index in [0.717, 1.165) is 17.7 Å². The van der Waals surface area contributed by atoms with E-state index >= 15 is 0 Å². The molecule has 0 amide bonds. The molecule has 78 valence electrons. The Kier molecular flexibility index (Phi) is 2.54. The average Bonchev–Trinajstić information content (AvgIpc) is 2.61. The summed E-state index contributed by atoms with van der Waals surface area (Å²) in [5, 5.41) is 4.21. The molecule has 1 aromatic carbocycles. The SMILES string of the molecule is CCc1cnn(C)c1-c1ccc(F)cc1. The summed E-state index contributed by atoms with van der Waals surface area (Å²) in [5.74, 6) is -0.209. The van der Waals surface area contributed by atoms with Crippen LogP contribution < -0.4 is 0 Å². The minimum absolute atomic E-state index is 0.209. The highest BCUT2D eigenvalue weighted by molar-refractivity contribution is 5.63. The van der Waals surface area contributed by atoms with E-state index in [0.29, 0.717) is 0 Å². The van der Waals surface area contributed by atoms with Gasteiger partial charge in [-0.3, -0.25) is 4.68 Å². The zero-order chi connectivity index (χ0) is 10.8. The third-order valence-electron chi connectivity index (χ3n) is 2.51. The van der Waals surface area contributed by atoms with Crippen LogP contribution in [-0.2, 0) is 13.5 Å². The minimum atomic E-state index is -0.209. The van der Waals surface area contributed by atoms with Crippen LogP contribution in [0.2, 0.25) is 0 Å². The maximum Gasteiger partial charge on any atom is 0.123 e. The molecule has 0 saturated carbocycles. The van der Waals surface area contributed by atoms with Crippen LogP contribution in [0.1, 0.15) is 12.5 Å². The van der Waals surface area contributed by atoms with Gasteiger partial charge in [-0.2, -0.15) is 5.10 Å². The lowest BCUT2D eigenvalue weighted by atomic mass is 10.1. The Bertz CT molecular complexity index is 457. The van der Waals surface area contributed by atoms with Crippen molar-refractivity contribution >= 4 is 0 Å². The van der Waals surface area contributed by atoms with Gasteiger partial charge in [0.05, 0.1) is 11.9 Å². The standard InChI is InChI=1S/C12H13FN2/c1-3-9-8-14-15(2)12(9)10-4-6-11(13)7-5-10/h4-8H,3H2,1-2H3. The predicted molar refractivity (Wildman–Crippen MR) is 58.0 cm³/mol. The molecule has 0 radical (unpaired) electrons. The molecule has 0 spiro atoms. The summed E-state index contributed by atoms with van der Waals surface area (Å²) in [7, 11) is 1.90. The van der Waals surface area contributed by atoms with Gasteiger partial charge in [-0.1, -0.05) is 6.92 Å². The summed E-state index contributed by atoms with van der Waals surface area (Å²) in [6.07, 6.45) is 2.79. The second-order valence-electron chi connectivity index (χ2n) is 3.50. The number of hydrogen-bond acceptors (Lipinski definition) is 1. The first kappa shape index (κ1) is 9.90. The van der Waals surface area contributed by atoms with Crippen molar-refractivity contribution in [1.82, 2.24) is 9.78 Å². The van der Waals surface area contributed by atoms with Gasteiger partial charge in [0.1, 0.15) is 5.82 Å². The molecule has 0 N–H and O–H groups in total. The van der Waals surface area contributed by atoms with Crippen LogP contribution >= 0.6 is 0 Å². The summed E-state index contributed by atoms with van der Waals surface area (Å²) in [6.45, 7) is 2.09. The van der Waals surface area contributed by atoms with E-state index in [1.54, 1.807) is 12.1 Å². The molecular weight excluding hydrogens is 191 g/mol. The van der Waals surface area contributed by atoms with Gasteiger partial charge in [-0.05, 0) is 36.2 Å². The quantitative estimate of drug-likeness (QED) is 0.735. The number of rotatable bonds is 2. The molecule has 1 aromatic heterocycles. The first-order valence-corrected chi connectivity index (χ1v) is 4.99. The van der Waals surface area contributed by atoms with E-state index < -0.39 is 0 Å². The van der Waals surface area contributed by atoms with E-state index in [1.165, 1.54) is 17.7 Å². The van der Waals surface area contributed by atoms with E-state index in [4.69, 9.17) is 0 Å². The Hall–Kier alpha value is -1.64. The van der Waals surface area contributed by atoms with Gasteiger partial charge < -0.3 is 0 Å². The topological polar surface area (TPSA) is 17.8 Å². The third-order valence-corrected chi connectivity index (χ3v) is 2.51. The Balaban J connectivity index is 2.52. The van der Waals surface area contributed by atoms with Gasteiger partial charge in [0, 0.05) is 12.6 Å². The molecule has 0 atom stereocenters. The van der Waals surface area contributed by atoms with Crippen molar-refractivity contribution in [2.24, 2.45) is 7.05 Å². The predicted octanol–water partition coefficient (Wildman–Crippen LogP) is 2.79. The van der Waals surface area contributed by atoms with E-state index in [2.05, 4.69) is 12.0 Å².